The minimum absolute atomic E-state index is 0.0939. The Morgan fingerprint density at radius 3 is 2.10 bits per heavy atom. The standard InChI is InChI=1S/C21H26NO6P/c1-24-16-21-20(25-2)14-13-19(26-21)15-22(21)29(23,27-17-9-5-3-6-10-17)28-18-11-7-4-8-12-18/h3-12,19-20H,13-16H2,1-2H3/t19-,20-,21+/m0/s1. The van der Waals surface area contributed by atoms with Gasteiger partial charge in [-0.1, -0.05) is 36.4 Å². The summed E-state index contributed by atoms with van der Waals surface area (Å²) in [6.45, 7) is 0.586. The van der Waals surface area contributed by atoms with E-state index < -0.39 is 13.5 Å². The fourth-order valence-electron chi connectivity index (χ4n) is 4.05. The molecule has 4 rings (SSSR count). The van der Waals surface area contributed by atoms with Crippen molar-refractivity contribution in [2.24, 2.45) is 0 Å². The largest absolute Gasteiger partial charge is 0.518 e. The third-order valence-electron chi connectivity index (χ3n) is 5.30. The van der Waals surface area contributed by atoms with Gasteiger partial charge in [0.05, 0.1) is 12.7 Å². The quantitative estimate of drug-likeness (QED) is 0.597. The Balaban J connectivity index is 1.76. The molecular formula is C21H26NO6P. The molecule has 3 atom stereocenters. The molecule has 0 amide bonds. The molecule has 2 saturated heterocycles. The van der Waals surface area contributed by atoms with Crippen LogP contribution in [0, 0.1) is 0 Å². The second-order valence-electron chi connectivity index (χ2n) is 7.18. The Bertz CT molecular complexity index is 805. The Morgan fingerprint density at radius 2 is 1.59 bits per heavy atom. The molecule has 2 aromatic rings. The number of ether oxygens (including phenoxy) is 3. The van der Waals surface area contributed by atoms with Crippen LogP contribution in [-0.2, 0) is 18.8 Å². The molecule has 2 aliphatic rings. The van der Waals surface area contributed by atoms with Crippen LogP contribution in [0.2, 0.25) is 0 Å². The van der Waals surface area contributed by atoms with E-state index in [1.807, 2.05) is 36.4 Å². The first-order chi connectivity index (χ1) is 14.1. The van der Waals surface area contributed by atoms with Crippen LogP contribution in [-0.4, -0.2) is 50.0 Å². The second kappa shape index (κ2) is 8.46. The predicted octanol–water partition coefficient (Wildman–Crippen LogP) is 4.10. The first-order valence-corrected chi connectivity index (χ1v) is 11.2. The number of methoxy groups -OCH3 is 2. The summed E-state index contributed by atoms with van der Waals surface area (Å²) in [6, 6.07) is 18.0. The topological polar surface area (TPSA) is 66.5 Å². The number of fused-ring (bicyclic) bond motifs is 2. The van der Waals surface area contributed by atoms with Crippen LogP contribution >= 0.6 is 7.75 Å². The first kappa shape index (κ1) is 20.4. The number of nitrogens with zero attached hydrogens (tertiary/aromatic N) is 1. The van der Waals surface area contributed by atoms with Gasteiger partial charge in [-0.2, -0.15) is 4.67 Å². The molecule has 2 bridgehead atoms. The molecule has 0 saturated carbocycles. The molecular weight excluding hydrogens is 393 g/mol. The third kappa shape index (κ3) is 3.93. The van der Waals surface area contributed by atoms with Gasteiger partial charge in [-0.3, -0.25) is 0 Å². The molecule has 29 heavy (non-hydrogen) atoms. The molecule has 0 spiro atoms. The van der Waals surface area contributed by atoms with Gasteiger partial charge in [-0.25, -0.2) is 4.57 Å². The van der Waals surface area contributed by atoms with E-state index in [0.29, 0.717) is 18.0 Å². The summed E-state index contributed by atoms with van der Waals surface area (Å²) < 4.78 is 45.6. The molecule has 0 radical (unpaired) electrons. The number of hydrogen-bond donors (Lipinski definition) is 0. The second-order valence-corrected chi connectivity index (χ2v) is 8.96. The fraction of sp³-hybridized carbons (Fsp3) is 0.429. The summed E-state index contributed by atoms with van der Waals surface area (Å²) in [7, 11) is -0.661. The first-order valence-electron chi connectivity index (χ1n) is 9.66. The summed E-state index contributed by atoms with van der Waals surface area (Å²) in [6.07, 6.45) is 1.16. The molecule has 7 nitrogen and oxygen atoms in total. The summed E-state index contributed by atoms with van der Waals surface area (Å²) in [4.78, 5) is 0. The van der Waals surface area contributed by atoms with Gasteiger partial charge in [-0.15, -0.1) is 0 Å². The summed E-state index contributed by atoms with van der Waals surface area (Å²) in [5, 5.41) is 0. The van der Waals surface area contributed by atoms with E-state index in [1.165, 1.54) is 0 Å². The smallest absolute Gasteiger partial charge is 0.404 e. The normalized spacial score (nSPS) is 27.0. The SMILES string of the molecule is COC[C@@]12O[C@@H](CC[C@@H]1OC)CN2P(=O)(Oc1ccccc1)Oc1ccccc1. The zero-order valence-corrected chi connectivity index (χ0v) is 17.5. The highest BCUT2D eigenvalue weighted by Gasteiger charge is 2.63. The number of rotatable bonds is 8. The zero-order chi connectivity index (χ0) is 20.3. The highest BCUT2D eigenvalue weighted by molar-refractivity contribution is 7.52. The van der Waals surface area contributed by atoms with Gasteiger partial charge in [0.15, 0.2) is 5.72 Å². The lowest BCUT2D eigenvalue weighted by Gasteiger charge is -2.44. The Labute approximate surface area is 171 Å². The molecule has 0 aliphatic carbocycles. The van der Waals surface area contributed by atoms with Crippen molar-refractivity contribution in [3.8, 4) is 11.5 Å². The Kier molecular flexibility index (Phi) is 5.95. The van der Waals surface area contributed by atoms with E-state index in [1.54, 1.807) is 43.2 Å². The maximum absolute atomic E-state index is 14.3. The molecule has 0 unspecified atom stereocenters. The third-order valence-corrected chi connectivity index (χ3v) is 7.27. The molecule has 2 aliphatic heterocycles. The van der Waals surface area contributed by atoms with Crippen molar-refractivity contribution in [1.29, 1.82) is 0 Å². The van der Waals surface area contributed by atoms with E-state index >= 15 is 0 Å². The van der Waals surface area contributed by atoms with Crippen molar-refractivity contribution >= 4 is 7.75 Å². The molecule has 0 aromatic heterocycles. The van der Waals surface area contributed by atoms with Crippen molar-refractivity contribution in [2.75, 3.05) is 27.4 Å². The van der Waals surface area contributed by atoms with Crippen LogP contribution in [0.3, 0.4) is 0 Å². The van der Waals surface area contributed by atoms with E-state index in [-0.39, 0.29) is 18.8 Å². The molecule has 8 heteroatoms. The van der Waals surface area contributed by atoms with Crippen LogP contribution in [0.1, 0.15) is 12.8 Å². The van der Waals surface area contributed by atoms with Gasteiger partial charge >= 0.3 is 7.75 Å². The summed E-state index contributed by atoms with van der Waals surface area (Å²) >= 11 is 0. The number of para-hydroxylation sites is 2. The van der Waals surface area contributed by atoms with Crippen molar-refractivity contribution in [3.05, 3.63) is 60.7 Å². The Morgan fingerprint density at radius 1 is 1.00 bits per heavy atom. The lowest BCUT2D eigenvalue weighted by atomic mass is 10.00. The van der Waals surface area contributed by atoms with E-state index in [0.717, 1.165) is 12.8 Å². The van der Waals surface area contributed by atoms with Crippen molar-refractivity contribution in [3.63, 3.8) is 0 Å². The lowest BCUT2D eigenvalue weighted by Crippen LogP contribution is -2.58. The van der Waals surface area contributed by atoms with Crippen molar-refractivity contribution in [2.45, 2.75) is 30.8 Å². The average molecular weight is 419 g/mol. The van der Waals surface area contributed by atoms with Crippen LogP contribution in [0.4, 0.5) is 0 Å². The summed E-state index contributed by atoms with van der Waals surface area (Å²) in [5.74, 6) is 0.907. The molecule has 2 aromatic carbocycles. The molecule has 0 N–H and O–H groups in total. The molecule has 2 heterocycles. The van der Waals surface area contributed by atoms with Crippen molar-refractivity contribution in [1.82, 2.24) is 4.67 Å². The highest BCUT2D eigenvalue weighted by Crippen LogP contribution is 2.60. The van der Waals surface area contributed by atoms with Crippen LogP contribution < -0.4 is 9.05 Å². The predicted molar refractivity (Wildman–Crippen MR) is 108 cm³/mol. The lowest BCUT2D eigenvalue weighted by molar-refractivity contribution is -0.214. The number of benzene rings is 2. The van der Waals surface area contributed by atoms with Crippen LogP contribution in [0.25, 0.3) is 0 Å². The van der Waals surface area contributed by atoms with Gasteiger partial charge < -0.3 is 23.3 Å². The minimum atomic E-state index is -3.88. The Hall–Kier alpha value is -1.89. The fourth-order valence-corrected chi connectivity index (χ4v) is 6.09. The summed E-state index contributed by atoms with van der Waals surface area (Å²) in [5.41, 5.74) is -1.05. The molecule has 2 fully saturated rings. The van der Waals surface area contributed by atoms with Gasteiger partial charge in [-0.05, 0) is 37.1 Å². The maximum Gasteiger partial charge on any atom is 0.518 e. The van der Waals surface area contributed by atoms with Gasteiger partial charge in [0, 0.05) is 20.8 Å². The monoisotopic (exact) mass is 419 g/mol. The van der Waals surface area contributed by atoms with Gasteiger partial charge in [0.1, 0.15) is 17.6 Å². The van der Waals surface area contributed by atoms with Gasteiger partial charge in [0.2, 0.25) is 0 Å². The number of hydrogen-bond acceptors (Lipinski definition) is 6. The van der Waals surface area contributed by atoms with Crippen LogP contribution in [0.15, 0.2) is 60.7 Å². The highest BCUT2D eigenvalue weighted by atomic mass is 31.2. The van der Waals surface area contributed by atoms with E-state index in [9.17, 15) is 4.57 Å². The molecule has 156 valence electrons. The average Bonchev–Trinajstić information content (AvgIpc) is 3.03. The van der Waals surface area contributed by atoms with E-state index in [2.05, 4.69) is 0 Å². The van der Waals surface area contributed by atoms with Gasteiger partial charge in [0.25, 0.3) is 0 Å². The maximum atomic E-state index is 14.3. The van der Waals surface area contributed by atoms with Crippen molar-refractivity contribution < 1.29 is 27.8 Å². The van der Waals surface area contributed by atoms with E-state index in [4.69, 9.17) is 23.3 Å². The van der Waals surface area contributed by atoms with Crippen LogP contribution in [0.5, 0.6) is 11.5 Å². The zero-order valence-electron chi connectivity index (χ0n) is 16.6. The minimum Gasteiger partial charge on any atom is -0.404 e.